The van der Waals surface area contributed by atoms with Gasteiger partial charge >= 0.3 is 0 Å². The Hall–Kier alpha value is -2.73. The Morgan fingerprint density at radius 3 is 2.36 bits per heavy atom. The second-order valence-corrected chi connectivity index (χ2v) is 6.21. The molecular formula is C19H20N2O3S. The van der Waals surface area contributed by atoms with Crippen LogP contribution in [0.4, 0.5) is 5.13 Å². The van der Waals surface area contributed by atoms with E-state index in [0.717, 1.165) is 34.9 Å². The number of benzene rings is 2. The van der Waals surface area contributed by atoms with Crippen molar-refractivity contribution in [1.82, 2.24) is 4.98 Å². The molecule has 3 rings (SSSR count). The zero-order valence-corrected chi connectivity index (χ0v) is 14.8. The number of nitrogens with zero attached hydrogens (tertiary/aromatic N) is 1. The van der Waals surface area contributed by atoms with Gasteiger partial charge in [-0.3, -0.25) is 0 Å². The molecule has 6 heteroatoms. The van der Waals surface area contributed by atoms with E-state index in [1.165, 1.54) is 11.3 Å². The van der Waals surface area contributed by atoms with Crippen molar-refractivity contribution < 1.29 is 14.2 Å². The first kappa shape index (κ1) is 17.1. The number of anilines is 1. The monoisotopic (exact) mass is 356 g/mol. The number of nitrogens with two attached hydrogens (primary N) is 1. The third kappa shape index (κ3) is 4.87. The van der Waals surface area contributed by atoms with Gasteiger partial charge in [0.05, 0.1) is 26.0 Å². The first-order chi connectivity index (χ1) is 12.2. The van der Waals surface area contributed by atoms with Gasteiger partial charge in [-0.05, 0) is 36.4 Å². The predicted octanol–water partition coefficient (Wildman–Crippen LogP) is 4.25. The lowest BCUT2D eigenvalue weighted by Crippen LogP contribution is -2.05. The maximum absolute atomic E-state index is 5.79. The van der Waals surface area contributed by atoms with Crippen LogP contribution >= 0.6 is 11.3 Å². The van der Waals surface area contributed by atoms with E-state index in [-0.39, 0.29) is 0 Å². The topological polar surface area (TPSA) is 66.6 Å². The second kappa shape index (κ2) is 8.39. The molecule has 0 spiro atoms. The molecule has 1 heterocycles. The van der Waals surface area contributed by atoms with Crippen LogP contribution in [0.3, 0.4) is 0 Å². The molecule has 0 unspecified atom stereocenters. The summed E-state index contributed by atoms with van der Waals surface area (Å²) in [7, 11) is 1.64. The highest BCUT2D eigenvalue weighted by atomic mass is 32.1. The maximum atomic E-state index is 5.79. The van der Waals surface area contributed by atoms with Crippen LogP contribution in [0.2, 0.25) is 0 Å². The van der Waals surface area contributed by atoms with Gasteiger partial charge < -0.3 is 19.9 Å². The Kier molecular flexibility index (Phi) is 5.74. The van der Waals surface area contributed by atoms with Gasteiger partial charge in [-0.1, -0.05) is 12.1 Å². The molecule has 1 aromatic heterocycles. The Labute approximate surface area is 151 Å². The molecular weight excluding hydrogens is 336 g/mol. The second-order valence-electron chi connectivity index (χ2n) is 5.32. The number of hydrogen-bond acceptors (Lipinski definition) is 6. The highest BCUT2D eigenvalue weighted by Gasteiger charge is 2.04. The fraction of sp³-hybridized carbons (Fsp3) is 0.211. The van der Waals surface area contributed by atoms with Crippen LogP contribution < -0.4 is 19.9 Å². The van der Waals surface area contributed by atoms with Crippen molar-refractivity contribution in [1.29, 1.82) is 0 Å². The lowest BCUT2D eigenvalue weighted by Gasteiger charge is -2.09. The molecule has 0 saturated heterocycles. The van der Waals surface area contributed by atoms with Crippen LogP contribution in [0.1, 0.15) is 6.42 Å². The number of thiazole rings is 1. The summed E-state index contributed by atoms with van der Waals surface area (Å²) in [6.07, 6.45) is 0.792. The van der Waals surface area contributed by atoms with Crippen LogP contribution in [0.5, 0.6) is 17.2 Å². The van der Waals surface area contributed by atoms with Crippen molar-refractivity contribution in [3.8, 4) is 28.5 Å². The summed E-state index contributed by atoms with van der Waals surface area (Å²) in [6.45, 7) is 1.17. The third-order valence-electron chi connectivity index (χ3n) is 3.54. The van der Waals surface area contributed by atoms with Crippen LogP contribution in [-0.4, -0.2) is 25.3 Å². The summed E-state index contributed by atoms with van der Waals surface area (Å²) in [5.74, 6) is 2.45. The molecule has 25 heavy (non-hydrogen) atoms. The standard InChI is InChI=1S/C19H20N2O3S/c1-22-15-6-8-16(9-7-15)23-10-3-11-24-17-5-2-4-14(12-17)18-13-25-19(20)21-18/h2,4-9,12-13H,3,10-11H2,1H3,(H2,20,21). The fourth-order valence-corrected chi connectivity index (χ4v) is 2.85. The number of aromatic nitrogens is 1. The minimum atomic E-state index is 0.567. The molecule has 0 atom stereocenters. The normalized spacial score (nSPS) is 10.4. The molecule has 0 aliphatic carbocycles. The molecule has 0 radical (unpaired) electrons. The number of nitrogen functional groups attached to an aromatic ring is 1. The smallest absolute Gasteiger partial charge is 0.180 e. The van der Waals surface area contributed by atoms with Crippen LogP contribution in [0, 0.1) is 0 Å². The molecule has 0 amide bonds. The first-order valence-electron chi connectivity index (χ1n) is 7.96. The zero-order valence-electron chi connectivity index (χ0n) is 14.0. The number of hydrogen-bond donors (Lipinski definition) is 1. The molecule has 0 aliphatic rings. The molecule has 2 N–H and O–H groups in total. The van der Waals surface area contributed by atoms with E-state index < -0.39 is 0 Å². The Morgan fingerprint density at radius 2 is 1.68 bits per heavy atom. The van der Waals surface area contributed by atoms with E-state index in [4.69, 9.17) is 19.9 Å². The summed E-state index contributed by atoms with van der Waals surface area (Å²) in [4.78, 5) is 4.29. The minimum absolute atomic E-state index is 0.567. The molecule has 0 aliphatic heterocycles. The molecule has 0 bridgehead atoms. The third-order valence-corrected chi connectivity index (χ3v) is 4.21. The maximum Gasteiger partial charge on any atom is 0.180 e. The Balaban J connectivity index is 1.44. The van der Waals surface area contributed by atoms with Gasteiger partial charge in [-0.25, -0.2) is 4.98 Å². The van der Waals surface area contributed by atoms with Gasteiger partial charge in [-0.15, -0.1) is 11.3 Å². The van der Waals surface area contributed by atoms with Crippen molar-refractivity contribution in [2.45, 2.75) is 6.42 Å². The van der Waals surface area contributed by atoms with Crippen molar-refractivity contribution in [3.63, 3.8) is 0 Å². The quantitative estimate of drug-likeness (QED) is 0.611. The first-order valence-corrected chi connectivity index (χ1v) is 8.83. The van der Waals surface area contributed by atoms with Gasteiger partial charge in [-0.2, -0.15) is 0 Å². The molecule has 3 aromatic rings. The van der Waals surface area contributed by atoms with Crippen molar-refractivity contribution in [2.75, 3.05) is 26.1 Å². The number of methoxy groups -OCH3 is 1. The van der Waals surface area contributed by atoms with Gasteiger partial charge in [0, 0.05) is 17.4 Å². The van der Waals surface area contributed by atoms with E-state index in [1.54, 1.807) is 7.11 Å². The highest BCUT2D eigenvalue weighted by molar-refractivity contribution is 7.13. The van der Waals surface area contributed by atoms with E-state index >= 15 is 0 Å². The van der Waals surface area contributed by atoms with Crippen LogP contribution in [-0.2, 0) is 0 Å². The number of rotatable bonds is 8. The average Bonchev–Trinajstić information content (AvgIpc) is 3.09. The van der Waals surface area contributed by atoms with Gasteiger partial charge in [0.25, 0.3) is 0 Å². The molecule has 0 fully saturated rings. The van der Waals surface area contributed by atoms with Crippen molar-refractivity contribution in [2.24, 2.45) is 0 Å². The summed E-state index contributed by atoms with van der Waals surface area (Å²) < 4.78 is 16.6. The number of ether oxygens (including phenoxy) is 3. The average molecular weight is 356 g/mol. The zero-order chi connectivity index (χ0) is 17.5. The van der Waals surface area contributed by atoms with E-state index in [0.29, 0.717) is 18.3 Å². The summed E-state index contributed by atoms with van der Waals surface area (Å²) >= 11 is 1.43. The Morgan fingerprint density at radius 1 is 0.960 bits per heavy atom. The summed E-state index contributed by atoms with van der Waals surface area (Å²) in [5, 5.41) is 2.51. The van der Waals surface area contributed by atoms with Crippen LogP contribution in [0.15, 0.2) is 53.9 Å². The molecule has 0 saturated carbocycles. The SMILES string of the molecule is COc1ccc(OCCCOc2cccc(-c3csc(N)n3)c2)cc1. The minimum Gasteiger partial charge on any atom is -0.497 e. The summed E-state index contributed by atoms with van der Waals surface area (Å²) in [6, 6.07) is 15.4. The summed E-state index contributed by atoms with van der Waals surface area (Å²) in [5.41, 5.74) is 7.56. The lowest BCUT2D eigenvalue weighted by atomic mass is 10.2. The van der Waals surface area contributed by atoms with Gasteiger partial charge in [0.2, 0.25) is 0 Å². The van der Waals surface area contributed by atoms with Crippen LogP contribution in [0.25, 0.3) is 11.3 Å². The predicted molar refractivity (Wildman–Crippen MR) is 101 cm³/mol. The van der Waals surface area contributed by atoms with Crippen molar-refractivity contribution in [3.05, 3.63) is 53.9 Å². The Bertz CT molecular complexity index is 802. The molecule has 2 aromatic carbocycles. The largest absolute Gasteiger partial charge is 0.497 e. The van der Waals surface area contributed by atoms with E-state index in [9.17, 15) is 0 Å². The lowest BCUT2D eigenvalue weighted by molar-refractivity contribution is 0.247. The molecule has 130 valence electrons. The molecule has 5 nitrogen and oxygen atoms in total. The van der Waals surface area contributed by atoms with E-state index in [1.807, 2.05) is 53.9 Å². The van der Waals surface area contributed by atoms with Gasteiger partial charge in [0.1, 0.15) is 17.2 Å². The fourth-order valence-electron chi connectivity index (χ4n) is 2.28. The van der Waals surface area contributed by atoms with E-state index in [2.05, 4.69) is 4.98 Å². The van der Waals surface area contributed by atoms with Gasteiger partial charge in [0.15, 0.2) is 5.13 Å². The highest BCUT2D eigenvalue weighted by Crippen LogP contribution is 2.26. The van der Waals surface area contributed by atoms with Crippen molar-refractivity contribution >= 4 is 16.5 Å².